The summed E-state index contributed by atoms with van der Waals surface area (Å²) < 4.78 is 43.4. The molecule has 0 aliphatic heterocycles. The van der Waals surface area contributed by atoms with Gasteiger partial charge in [0.2, 0.25) is 0 Å². The number of hydrogen-bond acceptors (Lipinski definition) is 2. The maximum atomic E-state index is 12.6. The van der Waals surface area contributed by atoms with Crippen molar-refractivity contribution in [1.29, 1.82) is 0 Å². The Morgan fingerprint density at radius 3 is 2.24 bits per heavy atom. The summed E-state index contributed by atoms with van der Waals surface area (Å²) in [5.74, 6) is 0.179. The van der Waals surface area contributed by atoms with Crippen LogP contribution >= 0.6 is 0 Å². The number of halogens is 3. The van der Waals surface area contributed by atoms with Gasteiger partial charge in [0.15, 0.2) is 6.10 Å². The summed E-state index contributed by atoms with van der Waals surface area (Å²) in [4.78, 5) is 12.3. The maximum Gasteiger partial charge on any atom is 0.416 e. The lowest BCUT2D eigenvalue weighted by Crippen LogP contribution is -2.32. The molecule has 0 saturated heterocycles. The first-order valence-corrected chi connectivity index (χ1v) is 7.92. The van der Waals surface area contributed by atoms with Crippen molar-refractivity contribution in [2.75, 3.05) is 5.32 Å². The average molecular weight is 351 g/mol. The van der Waals surface area contributed by atoms with E-state index in [4.69, 9.17) is 4.74 Å². The van der Waals surface area contributed by atoms with E-state index in [9.17, 15) is 18.0 Å². The van der Waals surface area contributed by atoms with Gasteiger partial charge in [0, 0.05) is 5.69 Å². The molecule has 1 N–H and O–H groups in total. The Morgan fingerprint density at radius 2 is 1.72 bits per heavy atom. The summed E-state index contributed by atoms with van der Waals surface area (Å²) in [7, 11) is 0. The molecule has 0 saturated carbocycles. The molecule has 0 spiro atoms. The molecule has 3 nitrogen and oxygen atoms in total. The van der Waals surface area contributed by atoms with Gasteiger partial charge in [-0.3, -0.25) is 4.79 Å². The van der Waals surface area contributed by atoms with Crippen LogP contribution in [-0.4, -0.2) is 12.0 Å². The normalized spacial score (nSPS) is 12.6. The molecule has 1 atom stereocenters. The standard InChI is InChI=1S/C19H20F3NO2/c1-4-17(25-16-10-5-12(2)13(3)11-16)18(24)23-15-8-6-14(7-9-15)19(20,21)22/h5-11,17H,4H2,1-3H3,(H,23,24)/t17-/m1/s1. The fraction of sp³-hybridized carbons (Fsp3) is 0.316. The lowest BCUT2D eigenvalue weighted by Gasteiger charge is -2.18. The molecule has 134 valence electrons. The Balaban J connectivity index is 2.05. The van der Waals surface area contributed by atoms with E-state index < -0.39 is 23.8 Å². The number of aryl methyl sites for hydroxylation is 2. The fourth-order valence-corrected chi connectivity index (χ4v) is 2.24. The number of alkyl halides is 3. The molecule has 0 fully saturated rings. The maximum absolute atomic E-state index is 12.6. The highest BCUT2D eigenvalue weighted by Crippen LogP contribution is 2.30. The van der Waals surface area contributed by atoms with Gasteiger partial charge in [-0.05, 0) is 67.8 Å². The van der Waals surface area contributed by atoms with Gasteiger partial charge in [0.1, 0.15) is 5.75 Å². The third kappa shape index (κ3) is 4.98. The van der Waals surface area contributed by atoms with E-state index in [0.717, 1.165) is 23.3 Å². The highest BCUT2D eigenvalue weighted by Gasteiger charge is 2.30. The fourth-order valence-electron chi connectivity index (χ4n) is 2.24. The summed E-state index contributed by atoms with van der Waals surface area (Å²) in [5, 5.41) is 2.59. The van der Waals surface area contributed by atoms with Crippen LogP contribution in [-0.2, 0) is 11.0 Å². The Kier molecular flexibility index (Phi) is 5.72. The zero-order chi connectivity index (χ0) is 18.6. The summed E-state index contributed by atoms with van der Waals surface area (Å²) >= 11 is 0. The molecule has 2 aromatic carbocycles. The van der Waals surface area contributed by atoms with Crippen molar-refractivity contribution in [2.24, 2.45) is 0 Å². The third-order valence-electron chi connectivity index (χ3n) is 3.90. The van der Waals surface area contributed by atoms with Crippen molar-refractivity contribution >= 4 is 11.6 Å². The molecule has 2 aromatic rings. The molecule has 0 aromatic heterocycles. The number of carbonyl (C=O) groups is 1. The zero-order valence-corrected chi connectivity index (χ0v) is 14.3. The van der Waals surface area contributed by atoms with Gasteiger partial charge in [-0.2, -0.15) is 13.2 Å². The van der Waals surface area contributed by atoms with E-state index in [1.54, 1.807) is 13.0 Å². The van der Waals surface area contributed by atoms with Crippen LogP contribution in [0.4, 0.5) is 18.9 Å². The zero-order valence-electron chi connectivity index (χ0n) is 14.3. The van der Waals surface area contributed by atoms with Gasteiger partial charge < -0.3 is 10.1 Å². The number of rotatable bonds is 5. The molecule has 0 bridgehead atoms. The van der Waals surface area contributed by atoms with E-state index in [1.165, 1.54) is 12.1 Å². The van der Waals surface area contributed by atoms with Crippen LogP contribution in [0.15, 0.2) is 42.5 Å². The summed E-state index contributed by atoms with van der Waals surface area (Å²) in [6.45, 7) is 5.73. The van der Waals surface area contributed by atoms with Crippen LogP contribution in [0.3, 0.4) is 0 Å². The van der Waals surface area contributed by atoms with Gasteiger partial charge in [0.25, 0.3) is 5.91 Å². The molecule has 25 heavy (non-hydrogen) atoms. The number of carbonyl (C=O) groups excluding carboxylic acids is 1. The second-order valence-corrected chi connectivity index (χ2v) is 5.83. The highest BCUT2D eigenvalue weighted by molar-refractivity contribution is 5.94. The Morgan fingerprint density at radius 1 is 1.08 bits per heavy atom. The molecular formula is C19H20F3NO2. The lowest BCUT2D eigenvalue weighted by atomic mass is 10.1. The lowest BCUT2D eigenvalue weighted by molar-refractivity contribution is -0.137. The Labute approximate surface area is 144 Å². The molecule has 2 rings (SSSR count). The van der Waals surface area contributed by atoms with Gasteiger partial charge in [-0.15, -0.1) is 0 Å². The number of anilines is 1. The first-order valence-electron chi connectivity index (χ1n) is 7.92. The number of ether oxygens (including phenoxy) is 1. The van der Waals surface area contributed by atoms with Crippen LogP contribution in [0.1, 0.15) is 30.0 Å². The minimum Gasteiger partial charge on any atom is -0.481 e. The van der Waals surface area contributed by atoms with E-state index in [2.05, 4.69) is 5.32 Å². The first kappa shape index (κ1) is 18.8. The molecule has 0 radical (unpaired) electrons. The van der Waals surface area contributed by atoms with E-state index in [1.807, 2.05) is 26.0 Å². The predicted octanol–water partition coefficient (Wildman–Crippen LogP) is 5.12. The molecule has 0 heterocycles. The second kappa shape index (κ2) is 7.59. The predicted molar refractivity (Wildman–Crippen MR) is 90.7 cm³/mol. The molecule has 0 unspecified atom stereocenters. The van der Waals surface area contributed by atoms with Crippen molar-refractivity contribution in [3.05, 3.63) is 59.2 Å². The van der Waals surface area contributed by atoms with Crippen LogP contribution < -0.4 is 10.1 Å². The second-order valence-electron chi connectivity index (χ2n) is 5.83. The number of amides is 1. The van der Waals surface area contributed by atoms with Gasteiger partial charge in [-0.1, -0.05) is 13.0 Å². The summed E-state index contributed by atoms with van der Waals surface area (Å²) in [6, 6.07) is 9.86. The molecule has 6 heteroatoms. The van der Waals surface area contributed by atoms with Crippen molar-refractivity contribution in [3.8, 4) is 5.75 Å². The van der Waals surface area contributed by atoms with Crippen LogP contribution in [0.25, 0.3) is 0 Å². The molecule has 1 amide bonds. The highest BCUT2D eigenvalue weighted by atomic mass is 19.4. The molecular weight excluding hydrogens is 331 g/mol. The summed E-state index contributed by atoms with van der Waals surface area (Å²) in [5.41, 5.74) is 1.70. The van der Waals surface area contributed by atoms with Gasteiger partial charge >= 0.3 is 6.18 Å². The number of nitrogens with one attached hydrogen (secondary N) is 1. The first-order chi connectivity index (χ1) is 11.7. The smallest absolute Gasteiger partial charge is 0.416 e. The molecule has 0 aliphatic rings. The topological polar surface area (TPSA) is 38.3 Å². The third-order valence-corrected chi connectivity index (χ3v) is 3.90. The Bertz CT molecular complexity index is 739. The van der Waals surface area contributed by atoms with E-state index in [0.29, 0.717) is 17.9 Å². The Hall–Kier alpha value is -2.50. The van der Waals surface area contributed by atoms with E-state index >= 15 is 0 Å². The monoisotopic (exact) mass is 351 g/mol. The minimum absolute atomic E-state index is 0.292. The van der Waals surface area contributed by atoms with Crippen molar-refractivity contribution in [1.82, 2.24) is 0 Å². The average Bonchev–Trinajstić information content (AvgIpc) is 2.55. The van der Waals surface area contributed by atoms with Gasteiger partial charge in [-0.25, -0.2) is 0 Å². The molecule has 0 aliphatic carbocycles. The van der Waals surface area contributed by atoms with Crippen LogP contribution in [0, 0.1) is 13.8 Å². The minimum atomic E-state index is -4.40. The number of hydrogen-bond donors (Lipinski definition) is 1. The van der Waals surface area contributed by atoms with Crippen LogP contribution in [0.2, 0.25) is 0 Å². The van der Waals surface area contributed by atoms with Crippen LogP contribution in [0.5, 0.6) is 5.75 Å². The van der Waals surface area contributed by atoms with E-state index in [-0.39, 0.29) is 0 Å². The summed E-state index contributed by atoms with van der Waals surface area (Å²) in [6.07, 6.45) is -4.70. The number of benzene rings is 2. The van der Waals surface area contributed by atoms with Crippen molar-refractivity contribution < 1.29 is 22.7 Å². The van der Waals surface area contributed by atoms with Crippen molar-refractivity contribution in [3.63, 3.8) is 0 Å². The van der Waals surface area contributed by atoms with Crippen molar-refractivity contribution in [2.45, 2.75) is 39.5 Å². The quantitative estimate of drug-likeness (QED) is 0.812. The van der Waals surface area contributed by atoms with Gasteiger partial charge in [0.05, 0.1) is 5.56 Å². The SMILES string of the molecule is CC[C@@H](Oc1ccc(C)c(C)c1)C(=O)Nc1ccc(C(F)(F)F)cc1. The largest absolute Gasteiger partial charge is 0.481 e.